The third-order valence-corrected chi connectivity index (χ3v) is 6.43. The van der Waals surface area contributed by atoms with Crippen molar-refractivity contribution >= 4 is 33.2 Å². The van der Waals surface area contributed by atoms with Gasteiger partial charge in [-0.3, -0.25) is 14.3 Å². The predicted octanol–water partition coefficient (Wildman–Crippen LogP) is 4.06. The molecule has 0 aromatic heterocycles. The summed E-state index contributed by atoms with van der Waals surface area (Å²) in [4.78, 5) is 26.2. The zero-order chi connectivity index (χ0) is 23.5. The maximum absolute atomic E-state index is 12.7. The van der Waals surface area contributed by atoms with Gasteiger partial charge >= 0.3 is 0 Å². The Balaban J connectivity index is 1.75. The second-order valence-corrected chi connectivity index (χ2v) is 9.29. The Hall–Kier alpha value is -3.65. The molecule has 0 aliphatic rings. The van der Waals surface area contributed by atoms with Crippen LogP contribution in [0.4, 0.5) is 11.4 Å². The van der Waals surface area contributed by atoms with Crippen LogP contribution in [-0.4, -0.2) is 39.2 Å². The van der Waals surface area contributed by atoms with E-state index in [2.05, 4.69) is 10.0 Å². The Morgan fingerprint density at radius 2 is 1.50 bits per heavy atom. The lowest BCUT2D eigenvalue weighted by atomic mass is 10.1. The van der Waals surface area contributed by atoms with Gasteiger partial charge in [0.1, 0.15) is 0 Å². The van der Waals surface area contributed by atoms with Crippen molar-refractivity contribution in [3.8, 4) is 0 Å². The molecule has 8 heteroatoms. The lowest BCUT2D eigenvalue weighted by Gasteiger charge is -2.13. The van der Waals surface area contributed by atoms with Crippen LogP contribution in [0.2, 0.25) is 0 Å². The van der Waals surface area contributed by atoms with Crippen LogP contribution in [0.1, 0.15) is 31.8 Å². The van der Waals surface area contributed by atoms with E-state index in [0.29, 0.717) is 22.5 Å². The van der Waals surface area contributed by atoms with Gasteiger partial charge in [-0.25, -0.2) is 8.42 Å². The number of nitrogens with zero attached hydrogens (tertiary/aromatic N) is 1. The molecule has 0 saturated heterocycles. The van der Waals surface area contributed by atoms with Gasteiger partial charge in [0.2, 0.25) is 0 Å². The van der Waals surface area contributed by atoms with E-state index < -0.39 is 15.9 Å². The highest BCUT2D eigenvalue weighted by Gasteiger charge is 2.17. The number of amides is 2. The van der Waals surface area contributed by atoms with Crippen LogP contribution in [0.15, 0.2) is 71.6 Å². The molecule has 7 nitrogen and oxygen atoms in total. The number of carbonyl (C=O) groups is 2. The van der Waals surface area contributed by atoms with E-state index in [0.717, 1.165) is 11.1 Å². The maximum atomic E-state index is 12.7. The van der Waals surface area contributed by atoms with Crippen LogP contribution in [0.3, 0.4) is 0 Å². The first-order valence-corrected chi connectivity index (χ1v) is 11.4. The highest BCUT2D eigenvalue weighted by atomic mass is 32.2. The molecule has 0 radical (unpaired) electrons. The first-order valence-electron chi connectivity index (χ1n) is 9.90. The molecule has 3 rings (SSSR count). The quantitative estimate of drug-likeness (QED) is 0.591. The van der Waals surface area contributed by atoms with Crippen molar-refractivity contribution in [3.63, 3.8) is 0 Å². The topological polar surface area (TPSA) is 95.6 Å². The van der Waals surface area contributed by atoms with Crippen LogP contribution in [-0.2, 0) is 10.0 Å². The lowest BCUT2D eigenvalue weighted by Crippen LogP contribution is -2.22. The normalized spacial score (nSPS) is 11.0. The standard InChI is InChI=1S/C24H25N3O4S/c1-16-7-5-10-22(17(16)2)26-32(30,31)21-13-11-18(12-14-21)23(28)25-20-9-6-8-19(15-20)24(29)27(3)4/h5-15,26H,1-4H3,(H,25,28). The fraction of sp³-hybridized carbons (Fsp3) is 0.167. The van der Waals surface area contributed by atoms with Crippen LogP contribution >= 0.6 is 0 Å². The fourth-order valence-electron chi connectivity index (χ4n) is 3.04. The third-order valence-electron chi connectivity index (χ3n) is 5.05. The number of sulfonamides is 1. The van der Waals surface area contributed by atoms with Crippen molar-refractivity contribution in [1.82, 2.24) is 4.90 Å². The van der Waals surface area contributed by atoms with E-state index in [4.69, 9.17) is 0 Å². The van der Waals surface area contributed by atoms with E-state index in [1.165, 1.54) is 29.2 Å². The molecule has 0 atom stereocenters. The van der Waals surface area contributed by atoms with Crippen molar-refractivity contribution in [2.24, 2.45) is 0 Å². The highest BCUT2D eigenvalue weighted by molar-refractivity contribution is 7.92. The maximum Gasteiger partial charge on any atom is 0.261 e. The van der Waals surface area contributed by atoms with Crippen LogP contribution in [0.5, 0.6) is 0 Å². The number of benzene rings is 3. The van der Waals surface area contributed by atoms with E-state index in [1.54, 1.807) is 50.5 Å². The van der Waals surface area contributed by atoms with Gasteiger partial charge in [-0.15, -0.1) is 0 Å². The summed E-state index contributed by atoms with van der Waals surface area (Å²) in [7, 11) is -0.499. The summed E-state index contributed by atoms with van der Waals surface area (Å²) < 4.78 is 28.1. The second kappa shape index (κ2) is 9.23. The molecule has 0 bridgehead atoms. The molecule has 0 fully saturated rings. The summed E-state index contributed by atoms with van der Waals surface area (Å²) in [6.45, 7) is 3.76. The predicted molar refractivity (Wildman–Crippen MR) is 126 cm³/mol. The lowest BCUT2D eigenvalue weighted by molar-refractivity contribution is 0.0827. The average molecular weight is 452 g/mol. The minimum Gasteiger partial charge on any atom is -0.345 e. The molecule has 0 unspecified atom stereocenters. The number of rotatable bonds is 6. The number of carbonyl (C=O) groups excluding carboxylic acids is 2. The molecule has 2 N–H and O–H groups in total. The van der Waals surface area contributed by atoms with Gasteiger partial charge in [-0.05, 0) is 73.5 Å². The molecule has 2 amide bonds. The summed E-state index contributed by atoms with van der Waals surface area (Å²) >= 11 is 0. The number of hydrogen-bond donors (Lipinski definition) is 2. The molecule has 3 aromatic carbocycles. The Morgan fingerprint density at radius 1 is 0.844 bits per heavy atom. The molecule has 3 aromatic rings. The zero-order valence-electron chi connectivity index (χ0n) is 18.3. The summed E-state index contributed by atoms with van der Waals surface area (Å²) in [6, 6.07) is 17.7. The van der Waals surface area contributed by atoms with Crippen LogP contribution in [0.25, 0.3) is 0 Å². The summed E-state index contributed by atoms with van der Waals surface area (Å²) in [5.41, 5.74) is 3.55. The summed E-state index contributed by atoms with van der Waals surface area (Å²) in [5, 5.41) is 2.73. The fourth-order valence-corrected chi connectivity index (χ4v) is 4.17. The summed E-state index contributed by atoms with van der Waals surface area (Å²) in [5.74, 6) is -0.585. The minimum atomic E-state index is -3.80. The molecule has 0 spiro atoms. The molecule has 0 heterocycles. The van der Waals surface area contributed by atoms with E-state index in [-0.39, 0.29) is 10.8 Å². The SMILES string of the molecule is Cc1cccc(NS(=O)(=O)c2ccc(C(=O)Nc3cccc(C(=O)N(C)C)c3)cc2)c1C. The number of nitrogens with one attached hydrogen (secondary N) is 2. The van der Waals surface area contributed by atoms with Gasteiger partial charge in [0, 0.05) is 30.9 Å². The number of anilines is 2. The van der Waals surface area contributed by atoms with Crippen molar-refractivity contribution in [3.05, 3.63) is 89.0 Å². The van der Waals surface area contributed by atoms with Crippen molar-refractivity contribution in [2.45, 2.75) is 18.7 Å². The monoisotopic (exact) mass is 451 g/mol. The van der Waals surface area contributed by atoms with Crippen molar-refractivity contribution in [1.29, 1.82) is 0 Å². The van der Waals surface area contributed by atoms with Gasteiger partial charge in [0.25, 0.3) is 21.8 Å². The van der Waals surface area contributed by atoms with Gasteiger partial charge in [-0.2, -0.15) is 0 Å². The molecule has 0 aliphatic carbocycles. The van der Waals surface area contributed by atoms with Crippen LogP contribution < -0.4 is 10.0 Å². The van der Waals surface area contributed by atoms with Gasteiger partial charge in [-0.1, -0.05) is 18.2 Å². The van der Waals surface area contributed by atoms with Gasteiger partial charge in [0.05, 0.1) is 10.6 Å². The Morgan fingerprint density at radius 3 is 2.16 bits per heavy atom. The molecular formula is C24H25N3O4S. The zero-order valence-corrected chi connectivity index (χ0v) is 19.2. The van der Waals surface area contributed by atoms with Crippen LogP contribution in [0, 0.1) is 13.8 Å². The number of hydrogen-bond acceptors (Lipinski definition) is 4. The first-order chi connectivity index (χ1) is 15.1. The molecule has 0 aliphatic heterocycles. The largest absolute Gasteiger partial charge is 0.345 e. The molecular weight excluding hydrogens is 426 g/mol. The third kappa shape index (κ3) is 5.15. The first kappa shape index (κ1) is 23.0. The molecule has 166 valence electrons. The van der Waals surface area contributed by atoms with Gasteiger partial charge in [0.15, 0.2) is 0 Å². The van der Waals surface area contributed by atoms with E-state index >= 15 is 0 Å². The van der Waals surface area contributed by atoms with Crippen molar-refractivity contribution in [2.75, 3.05) is 24.1 Å². The smallest absolute Gasteiger partial charge is 0.261 e. The number of aryl methyl sites for hydroxylation is 1. The Kier molecular flexibility index (Phi) is 6.64. The minimum absolute atomic E-state index is 0.0496. The Bertz CT molecular complexity index is 1270. The van der Waals surface area contributed by atoms with E-state index in [1.807, 2.05) is 19.9 Å². The molecule has 0 saturated carbocycles. The average Bonchev–Trinajstić information content (AvgIpc) is 2.76. The van der Waals surface area contributed by atoms with Gasteiger partial charge < -0.3 is 10.2 Å². The highest BCUT2D eigenvalue weighted by Crippen LogP contribution is 2.22. The second-order valence-electron chi connectivity index (χ2n) is 7.61. The Labute approximate surface area is 188 Å². The summed E-state index contributed by atoms with van der Waals surface area (Å²) in [6.07, 6.45) is 0. The van der Waals surface area contributed by atoms with Crippen molar-refractivity contribution < 1.29 is 18.0 Å². The van der Waals surface area contributed by atoms with E-state index in [9.17, 15) is 18.0 Å². The molecule has 32 heavy (non-hydrogen) atoms.